The van der Waals surface area contributed by atoms with Crippen molar-refractivity contribution in [1.29, 1.82) is 0 Å². The monoisotopic (exact) mass is 320 g/mol. The number of ether oxygens (including phenoxy) is 1. The number of carbonyl (C=O) groups is 1. The maximum absolute atomic E-state index is 12.3. The Bertz CT molecular complexity index is 799. The van der Waals surface area contributed by atoms with Crippen LogP contribution in [0.5, 0.6) is 5.88 Å². The molecule has 1 amide bonds. The van der Waals surface area contributed by atoms with E-state index >= 15 is 0 Å². The van der Waals surface area contributed by atoms with E-state index in [1.807, 2.05) is 0 Å². The second-order valence-electron chi connectivity index (χ2n) is 4.79. The van der Waals surface area contributed by atoms with E-state index in [0.717, 1.165) is 6.26 Å². The van der Waals surface area contributed by atoms with Crippen LogP contribution in [-0.2, 0) is 9.84 Å². The van der Waals surface area contributed by atoms with E-state index in [9.17, 15) is 13.2 Å². The molecule has 1 N–H and O–H groups in total. The molecule has 0 radical (unpaired) electrons. The summed E-state index contributed by atoms with van der Waals surface area (Å²) in [5.74, 6) is 0.0446. The standard InChI is InChI=1S/C15H16N2O4S/c1-10-4-6-12(22(3,19)20)8-13(10)15(18)17-11-5-7-14(21-2)16-9-11/h4-9H,1-3H3,(H,17,18). The minimum absolute atomic E-state index is 0.108. The minimum Gasteiger partial charge on any atom is -0.481 e. The van der Waals surface area contributed by atoms with Crippen molar-refractivity contribution in [3.8, 4) is 5.88 Å². The third kappa shape index (κ3) is 3.62. The highest BCUT2D eigenvalue weighted by atomic mass is 32.2. The normalized spacial score (nSPS) is 11.0. The van der Waals surface area contributed by atoms with Gasteiger partial charge in [-0.15, -0.1) is 0 Å². The molecule has 0 fully saturated rings. The second-order valence-corrected chi connectivity index (χ2v) is 6.81. The van der Waals surface area contributed by atoms with Gasteiger partial charge in [0, 0.05) is 17.9 Å². The molecule has 0 atom stereocenters. The maximum Gasteiger partial charge on any atom is 0.256 e. The number of hydrogen-bond acceptors (Lipinski definition) is 5. The van der Waals surface area contributed by atoms with Crippen LogP contribution in [0.1, 0.15) is 15.9 Å². The minimum atomic E-state index is -3.37. The van der Waals surface area contributed by atoms with E-state index in [-0.39, 0.29) is 4.90 Å². The van der Waals surface area contributed by atoms with Gasteiger partial charge in [0.1, 0.15) is 0 Å². The lowest BCUT2D eigenvalue weighted by molar-refractivity contribution is 0.102. The molecule has 0 spiro atoms. The number of carbonyl (C=O) groups excluding carboxylic acids is 1. The lowest BCUT2D eigenvalue weighted by Crippen LogP contribution is -2.14. The van der Waals surface area contributed by atoms with Crippen LogP contribution >= 0.6 is 0 Å². The van der Waals surface area contributed by atoms with Crippen molar-refractivity contribution in [2.24, 2.45) is 0 Å². The largest absolute Gasteiger partial charge is 0.481 e. The van der Waals surface area contributed by atoms with E-state index in [0.29, 0.717) is 22.7 Å². The molecule has 1 aromatic carbocycles. The topological polar surface area (TPSA) is 85.4 Å². The Kier molecular flexibility index (Phi) is 4.46. The zero-order chi connectivity index (χ0) is 16.3. The number of hydrogen-bond donors (Lipinski definition) is 1. The van der Waals surface area contributed by atoms with Crippen LogP contribution in [0, 0.1) is 6.92 Å². The van der Waals surface area contributed by atoms with Crippen molar-refractivity contribution in [2.45, 2.75) is 11.8 Å². The molecule has 0 saturated heterocycles. The number of aryl methyl sites for hydroxylation is 1. The van der Waals surface area contributed by atoms with E-state index < -0.39 is 15.7 Å². The molecule has 2 aromatic rings. The third-order valence-corrected chi connectivity index (χ3v) is 4.20. The first-order valence-electron chi connectivity index (χ1n) is 6.43. The van der Waals surface area contributed by atoms with E-state index in [4.69, 9.17) is 4.74 Å². The molecule has 0 aliphatic rings. The van der Waals surface area contributed by atoms with Gasteiger partial charge in [-0.25, -0.2) is 13.4 Å². The molecule has 0 unspecified atom stereocenters. The van der Waals surface area contributed by atoms with E-state index in [1.165, 1.54) is 25.4 Å². The van der Waals surface area contributed by atoms with E-state index in [1.54, 1.807) is 25.1 Å². The zero-order valence-corrected chi connectivity index (χ0v) is 13.3. The molecule has 7 heteroatoms. The quantitative estimate of drug-likeness (QED) is 0.932. The summed E-state index contributed by atoms with van der Waals surface area (Å²) in [5.41, 5.74) is 1.49. The number of amides is 1. The summed E-state index contributed by atoms with van der Waals surface area (Å²) >= 11 is 0. The number of benzene rings is 1. The highest BCUT2D eigenvalue weighted by Gasteiger charge is 2.14. The van der Waals surface area contributed by atoms with Crippen LogP contribution in [0.2, 0.25) is 0 Å². The Morgan fingerprint density at radius 3 is 2.50 bits per heavy atom. The number of nitrogens with one attached hydrogen (secondary N) is 1. The summed E-state index contributed by atoms with van der Waals surface area (Å²) in [6.07, 6.45) is 2.57. The summed E-state index contributed by atoms with van der Waals surface area (Å²) in [4.78, 5) is 16.4. The molecule has 22 heavy (non-hydrogen) atoms. The summed E-state index contributed by atoms with van der Waals surface area (Å²) in [5, 5.41) is 2.68. The molecule has 116 valence electrons. The summed E-state index contributed by atoms with van der Waals surface area (Å²) < 4.78 is 28.1. The van der Waals surface area contributed by atoms with Crippen molar-refractivity contribution in [3.63, 3.8) is 0 Å². The molecular weight excluding hydrogens is 304 g/mol. The van der Waals surface area contributed by atoms with Gasteiger partial charge in [0.15, 0.2) is 9.84 Å². The zero-order valence-electron chi connectivity index (χ0n) is 12.5. The van der Waals surface area contributed by atoms with Crippen LogP contribution in [0.15, 0.2) is 41.4 Å². The van der Waals surface area contributed by atoms with Gasteiger partial charge in [0.2, 0.25) is 5.88 Å². The van der Waals surface area contributed by atoms with Crippen LogP contribution in [0.25, 0.3) is 0 Å². The SMILES string of the molecule is COc1ccc(NC(=O)c2cc(S(C)(=O)=O)ccc2C)cn1. The van der Waals surface area contributed by atoms with E-state index in [2.05, 4.69) is 10.3 Å². The van der Waals surface area contributed by atoms with Gasteiger partial charge in [-0.2, -0.15) is 0 Å². The predicted octanol–water partition coefficient (Wildman–Crippen LogP) is 2.05. The molecular formula is C15H16N2O4S. The van der Waals surface area contributed by atoms with Crippen molar-refractivity contribution < 1.29 is 17.9 Å². The Morgan fingerprint density at radius 1 is 1.23 bits per heavy atom. The lowest BCUT2D eigenvalue weighted by Gasteiger charge is -2.09. The smallest absolute Gasteiger partial charge is 0.256 e. The van der Waals surface area contributed by atoms with Crippen LogP contribution in [-0.4, -0.2) is 32.7 Å². The molecule has 0 aliphatic carbocycles. The van der Waals surface area contributed by atoms with Crippen LogP contribution < -0.4 is 10.1 Å². The van der Waals surface area contributed by atoms with Gasteiger partial charge in [-0.05, 0) is 30.7 Å². The summed E-state index contributed by atoms with van der Waals surface area (Å²) in [6, 6.07) is 7.74. The molecule has 2 rings (SSSR count). The number of nitrogens with zero attached hydrogens (tertiary/aromatic N) is 1. The number of anilines is 1. The highest BCUT2D eigenvalue weighted by molar-refractivity contribution is 7.90. The van der Waals surface area contributed by atoms with Gasteiger partial charge in [-0.3, -0.25) is 4.79 Å². The van der Waals surface area contributed by atoms with Gasteiger partial charge in [-0.1, -0.05) is 6.07 Å². The molecule has 1 aromatic heterocycles. The first-order chi connectivity index (χ1) is 10.3. The number of sulfone groups is 1. The number of methoxy groups -OCH3 is 1. The average molecular weight is 320 g/mol. The van der Waals surface area contributed by atoms with Crippen molar-refractivity contribution >= 4 is 21.4 Å². The number of pyridine rings is 1. The Morgan fingerprint density at radius 2 is 1.95 bits per heavy atom. The van der Waals surface area contributed by atoms with Crippen LogP contribution in [0.3, 0.4) is 0 Å². The molecule has 6 nitrogen and oxygen atoms in total. The Hall–Kier alpha value is -2.41. The van der Waals surface area contributed by atoms with Crippen molar-refractivity contribution in [1.82, 2.24) is 4.98 Å². The van der Waals surface area contributed by atoms with Gasteiger partial charge >= 0.3 is 0 Å². The summed E-state index contributed by atoms with van der Waals surface area (Å²) in [7, 11) is -1.87. The Balaban J connectivity index is 2.28. The highest BCUT2D eigenvalue weighted by Crippen LogP contribution is 2.18. The predicted molar refractivity (Wildman–Crippen MR) is 83.0 cm³/mol. The third-order valence-electron chi connectivity index (χ3n) is 3.09. The first-order valence-corrected chi connectivity index (χ1v) is 8.32. The number of rotatable bonds is 4. The first kappa shape index (κ1) is 16.0. The molecule has 0 saturated carbocycles. The van der Waals surface area contributed by atoms with Gasteiger partial charge < -0.3 is 10.1 Å². The van der Waals surface area contributed by atoms with Crippen molar-refractivity contribution in [3.05, 3.63) is 47.7 Å². The second kappa shape index (κ2) is 6.15. The maximum atomic E-state index is 12.3. The van der Waals surface area contributed by atoms with Gasteiger partial charge in [0.25, 0.3) is 5.91 Å². The lowest BCUT2D eigenvalue weighted by atomic mass is 10.1. The number of aromatic nitrogens is 1. The summed E-state index contributed by atoms with van der Waals surface area (Å²) in [6.45, 7) is 1.74. The Labute approximate surface area is 129 Å². The average Bonchev–Trinajstić information content (AvgIpc) is 2.47. The fourth-order valence-corrected chi connectivity index (χ4v) is 2.50. The van der Waals surface area contributed by atoms with Crippen molar-refractivity contribution in [2.75, 3.05) is 18.7 Å². The molecule has 0 aliphatic heterocycles. The molecule has 0 bridgehead atoms. The fourth-order valence-electron chi connectivity index (χ4n) is 1.85. The molecule has 1 heterocycles. The van der Waals surface area contributed by atoms with Gasteiger partial charge in [0.05, 0.1) is 23.9 Å². The fraction of sp³-hybridized carbons (Fsp3) is 0.200. The van der Waals surface area contributed by atoms with Crippen LogP contribution in [0.4, 0.5) is 5.69 Å².